The largest absolute Gasteiger partial charge is 0.444 e. The zero-order chi connectivity index (χ0) is 14.7. The number of rotatable bonds is 4. The summed E-state index contributed by atoms with van der Waals surface area (Å²) in [5, 5.41) is 0. The van der Waals surface area contributed by atoms with Crippen molar-refractivity contribution in [2.75, 3.05) is 13.2 Å². The van der Waals surface area contributed by atoms with Crippen molar-refractivity contribution in [3.63, 3.8) is 0 Å². The van der Waals surface area contributed by atoms with Gasteiger partial charge in [0.15, 0.2) is 0 Å². The predicted molar refractivity (Wildman–Crippen MR) is 72.1 cm³/mol. The first-order valence-electron chi connectivity index (χ1n) is 6.79. The average molecular weight is 271 g/mol. The number of carbonyl (C=O) groups is 2. The van der Waals surface area contributed by atoms with E-state index in [0.717, 1.165) is 12.7 Å². The maximum atomic E-state index is 12.2. The van der Waals surface area contributed by atoms with Crippen LogP contribution in [0, 0.1) is 0 Å². The highest BCUT2D eigenvalue weighted by molar-refractivity contribution is 5.78. The second-order valence-corrected chi connectivity index (χ2v) is 6.32. The fourth-order valence-corrected chi connectivity index (χ4v) is 2.11. The molecule has 0 aliphatic carbocycles. The fraction of sp³-hybridized carbons (Fsp3) is 0.857. The maximum absolute atomic E-state index is 12.2. The van der Waals surface area contributed by atoms with E-state index < -0.39 is 17.2 Å². The van der Waals surface area contributed by atoms with Crippen LogP contribution in [0.5, 0.6) is 0 Å². The molecular weight excluding hydrogens is 246 g/mol. The number of aldehydes is 1. The van der Waals surface area contributed by atoms with Gasteiger partial charge in [-0.15, -0.1) is 0 Å². The predicted octanol–water partition coefficient (Wildman–Crippen LogP) is 2.38. The molecule has 1 saturated heterocycles. The summed E-state index contributed by atoms with van der Waals surface area (Å²) in [4.78, 5) is 25.2. The van der Waals surface area contributed by atoms with Crippen LogP contribution >= 0.6 is 0 Å². The molecule has 0 N–H and O–H groups in total. The van der Waals surface area contributed by atoms with E-state index in [9.17, 15) is 9.59 Å². The third-order valence-corrected chi connectivity index (χ3v) is 3.03. The summed E-state index contributed by atoms with van der Waals surface area (Å²) in [5.41, 5.74) is -1.43. The van der Waals surface area contributed by atoms with Gasteiger partial charge in [-0.1, -0.05) is 0 Å². The molecular formula is C14H25NO4. The van der Waals surface area contributed by atoms with E-state index in [2.05, 4.69) is 0 Å². The highest BCUT2D eigenvalue weighted by Gasteiger charge is 2.45. The molecule has 1 aliphatic rings. The van der Waals surface area contributed by atoms with E-state index in [1.54, 1.807) is 0 Å². The molecule has 0 spiro atoms. The molecule has 0 aromatic carbocycles. The lowest BCUT2D eigenvalue weighted by Crippen LogP contribution is -2.53. The van der Waals surface area contributed by atoms with Gasteiger partial charge in [-0.25, -0.2) is 4.79 Å². The molecule has 5 heteroatoms. The molecule has 110 valence electrons. The molecule has 5 nitrogen and oxygen atoms in total. The number of hydrogen-bond donors (Lipinski definition) is 0. The Morgan fingerprint density at radius 1 is 1.42 bits per heavy atom. The normalized spacial score (nSPS) is 23.8. The Morgan fingerprint density at radius 3 is 2.53 bits per heavy atom. The van der Waals surface area contributed by atoms with E-state index in [1.807, 2.05) is 34.6 Å². The number of ether oxygens (including phenoxy) is 2. The van der Waals surface area contributed by atoms with E-state index in [4.69, 9.17) is 9.47 Å². The van der Waals surface area contributed by atoms with Crippen LogP contribution in [0.15, 0.2) is 0 Å². The van der Waals surface area contributed by atoms with E-state index in [0.29, 0.717) is 13.0 Å². The average Bonchev–Trinajstić information content (AvgIpc) is 2.68. The maximum Gasteiger partial charge on any atom is 0.411 e. The summed E-state index contributed by atoms with van der Waals surface area (Å²) >= 11 is 0. The minimum atomic E-state index is -0.868. The van der Waals surface area contributed by atoms with Crippen molar-refractivity contribution in [1.82, 2.24) is 4.90 Å². The summed E-state index contributed by atoms with van der Waals surface area (Å²) in [6, 6.07) is 0. The van der Waals surface area contributed by atoms with Crippen molar-refractivity contribution < 1.29 is 19.1 Å². The van der Waals surface area contributed by atoms with Crippen LogP contribution in [-0.4, -0.2) is 47.7 Å². The van der Waals surface area contributed by atoms with Gasteiger partial charge in [-0.05, 0) is 47.5 Å². The van der Waals surface area contributed by atoms with Crippen molar-refractivity contribution in [2.24, 2.45) is 0 Å². The number of amides is 1. The van der Waals surface area contributed by atoms with Gasteiger partial charge in [0, 0.05) is 6.54 Å². The molecule has 1 rings (SSSR count). The van der Waals surface area contributed by atoms with Gasteiger partial charge >= 0.3 is 6.09 Å². The molecule has 1 unspecified atom stereocenters. The van der Waals surface area contributed by atoms with Crippen molar-refractivity contribution in [3.8, 4) is 0 Å². The lowest BCUT2D eigenvalue weighted by molar-refractivity contribution is -0.122. The van der Waals surface area contributed by atoms with E-state index in [1.165, 1.54) is 4.90 Å². The van der Waals surface area contributed by atoms with Gasteiger partial charge in [-0.2, -0.15) is 0 Å². The second kappa shape index (κ2) is 5.90. The number of carbonyl (C=O) groups excluding carboxylic acids is 2. The van der Waals surface area contributed by atoms with Gasteiger partial charge < -0.3 is 14.3 Å². The molecule has 1 amide bonds. The van der Waals surface area contributed by atoms with E-state index >= 15 is 0 Å². The van der Waals surface area contributed by atoms with Crippen molar-refractivity contribution in [1.29, 1.82) is 0 Å². The smallest absolute Gasteiger partial charge is 0.411 e. The van der Waals surface area contributed by atoms with Crippen LogP contribution in [0.2, 0.25) is 0 Å². The molecule has 1 heterocycles. The Morgan fingerprint density at radius 2 is 2.05 bits per heavy atom. The molecule has 0 aromatic rings. The van der Waals surface area contributed by atoms with Crippen LogP contribution in [0.3, 0.4) is 0 Å². The molecule has 0 radical (unpaired) electrons. The molecule has 0 aromatic heterocycles. The van der Waals surface area contributed by atoms with Crippen LogP contribution < -0.4 is 0 Å². The summed E-state index contributed by atoms with van der Waals surface area (Å²) < 4.78 is 10.9. The van der Waals surface area contributed by atoms with Crippen molar-refractivity contribution in [3.05, 3.63) is 0 Å². The Labute approximate surface area is 115 Å². The molecule has 1 atom stereocenters. The van der Waals surface area contributed by atoms with Crippen LogP contribution in [0.25, 0.3) is 0 Å². The standard InChI is InChI=1S/C14H25NO4/c1-11(2)18-10-14(9-16)7-6-8-15(14)12(17)19-13(3,4)5/h9,11H,6-8,10H2,1-5H3. The monoisotopic (exact) mass is 271 g/mol. The third-order valence-electron chi connectivity index (χ3n) is 3.03. The quantitative estimate of drug-likeness (QED) is 0.737. The molecule has 19 heavy (non-hydrogen) atoms. The molecule has 0 saturated carbocycles. The third kappa shape index (κ3) is 4.20. The van der Waals surface area contributed by atoms with E-state index in [-0.39, 0.29) is 12.7 Å². The Balaban J connectivity index is 2.79. The number of likely N-dealkylation sites (tertiary alicyclic amines) is 1. The van der Waals surface area contributed by atoms with Crippen molar-refractivity contribution in [2.45, 2.75) is 64.7 Å². The highest BCUT2D eigenvalue weighted by Crippen LogP contribution is 2.30. The highest BCUT2D eigenvalue weighted by atomic mass is 16.6. The van der Waals surface area contributed by atoms with Crippen LogP contribution in [0.4, 0.5) is 4.79 Å². The molecule has 1 fully saturated rings. The Bertz CT molecular complexity index is 335. The minimum Gasteiger partial charge on any atom is -0.444 e. The van der Waals surface area contributed by atoms with Crippen molar-refractivity contribution >= 4 is 12.4 Å². The fourth-order valence-electron chi connectivity index (χ4n) is 2.11. The van der Waals surface area contributed by atoms with Gasteiger partial charge in [-0.3, -0.25) is 4.90 Å². The second-order valence-electron chi connectivity index (χ2n) is 6.32. The first kappa shape index (κ1) is 16.0. The first-order chi connectivity index (χ1) is 8.70. The zero-order valence-corrected chi connectivity index (χ0v) is 12.6. The van der Waals surface area contributed by atoms with Gasteiger partial charge in [0.2, 0.25) is 0 Å². The van der Waals surface area contributed by atoms with Crippen LogP contribution in [0.1, 0.15) is 47.5 Å². The number of hydrogen-bond acceptors (Lipinski definition) is 4. The minimum absolute atomic E-state index is 0.0258. The Kier molecular flexibility index (Phi) is 4.96. The molecule has 1 aliphatic heterocycles. The lowest BCUT2D eigenvalue weighted by Gasteiger charge is -2.35. The van der Waals surface area contributed by atoms with Gasteiger partial charge in [0.25, 0.3) is 0 Å². The molecule has 0 bridgehead atoms. The summed E-state index contributed by atoms with van der Waals surface area (Å²) in [7, 11) is 0. The summed E-state index contributed by atoms with van der Waals surface area (Å²) in [5.74, 6) is 0. The van der Waals surface area contributed by atoms with Crippen LogP contribution in [-0.2, 0) is 14.3 Å². The topological polar surface area (TPSA) is 55.8 Å². The van der Waals surface area contributed by atoms with Gasteiger partial charge in [0.05, 0.1) is 12.7 Å². The SMILES string of the molecule is CC(C)OCC1(C=O)CCCN1C(=O)OC(C)(C)C. The lowest BCUT2D eigenvalue weighted by atomic mass is 9.99. The summed E-state index contributed by atoms with van der Waals surface area (Å²) in [6.07, 6.45) is 1.83. The zero-order valence-electron chi connectivity index (χ0n) is 12.6. The number of nitrogens with zero attached hydrogens (tertiary/aromatic N) is 1. The Hall–Kier alpha value is -1.10. The summed E-state index contributed by atoms with van der Waals surface area (Å²) in [6.45, 7) is 10.0. The first-order valence-corrected chi connectivity index (χ1v) is 6.79. The van der Waals surface area contributed by atoms with Gasteiger partial charge in [0.1, 0.15) is 17.4 Å².